The summed E-state index contributed by atoms with van der Waals surface area (Å²) in [6.45, 7) is 5.01. The van der Waals surface area contributed by atoms with Crippen molar-refractivity contribution in [1.29, 1.82) is 0 Å². The van der Waals surface area contributed by atoms with Crippen molar-refractivity contribution >= 4 is 11.7 Å². The molecule has 0 aliphatic carbocycles. The van der Waals surface area contributed by atoms with Gasteiger partial charge in [0.15, 0.2) is 0 Å². The molecule has 1 aliphatic heterocycles. The van der Waals surface area contributed by atoms with Crippen LogP contribution in [-0.4, -0.2) is 32.4 Å². The standard InChI is InChI=1S/C16H24N2O3/c1-2-3-8-21-15-6-4-5-14(10-15)18-16(19)17-11-13-7-9-20-12-13/h4-6,10,13H,2-3,7-9,11-12H2,1H3,(H2,17,18,19)/t13-/m0/s1. The Balaban J connectivity index is 1.75. The van der Waals surface area contributed by atoms with E-state index in [0.29, 0.717) is 19.1 Å². The summed E-state index contributed by atoms with van der Waals surface area (Å²) in [6.07, 6.45) is 3.15. The summed E-state index contributed by atoms with van der Waals surface area (Å²) >= 11 is 0. The molecule has 5 heteroatoms. The SMILES string of the molecule is CCCCOc1cccc(NC(=O)NC[C@@H]2CCOC2)c1. The first-order valence-corrected chi connectivity index (χ1v) is 7.63. The largest absolute Gasteiger partial charge is 0.494 e. The van der Waals surface area contributed by atoms with E-state index >= 15 is 0 Å². The van der Waals surface area contributed by atoms with Crippen LogP contribution < -0.4 is 15.4 Å². The topological polar surface area (TPSA) is 59.6 Å². The van der Waals surface area contributed by atoms with Crippen LogP contribution >= 0.6 is 0 Å². The molecule has 1 aromatic carbocycles. The van der Waals surface area contributed by atoms with E-state index in [1.165, 1.54) is 0 Å². The van der Waals surface area contributed by atoms with Crippen LogP contribution in [0.5, 0.6) is 5.75 Å². The zero-order chi connectivity index (χ0) is 14.9. The number of rotatable bonds is 7. The van der Waals surface area contributed by atoms with Gasteiger partial charge in [-0.05, 0) is 25.0 Å². The predicted molar refractivity (Wildman–Crippen MR) is 82.8 cm³/mol. The van der Waals surface area contributed by atoms with E-state index in [2.05, 4.69) is 17.6 Å². The third-order valence-corrected chi connectivity index (χ3v) is 3.43. The lowest BCUT2D eigenvalue weighted by molar-refractivity contribution is 0.185. The summed E-state index contributed by atoms with van der Waals surface area (Å²) in [4.78, 5) is 11.8. The number of hydrogen-bond donors (Lipinski definition) is 2. The van der Waals surface area contributed by atoms with E-state index in [-0.39, 0.29) is 6.03 Å². The highest BCUT2D eigenvalue weighted by Gasteiger charge is 2.16. The second-order valence-electron chi connectivity index (χ2n) is 5.29. The molecule has 0 saturated carbocycles. The maximum atomic E-state index is 11.8. The Morgan fingerprint density at radius 3 is 3.14 bits per heavy atom. The molecule has 0 unspecified atom stereocenters. The summed E-state index contributed by atoms with van der Waals surface area (Å²) in [5.41, 5.74) is 0.740. The van der Waals surface area contributed by atoms with Gasteiger partial charge in [-0.15, -0.1) is 0 Å². The maximum absolute atomic E-state index is 11.8. The Hall–Kier alpha value is -1.75. The van der Waals surface area contributed by atoms with Crippen molar-refractivity contribution in [2.75, 3.05) is 31.7 Å². The molecule has 1 heterocycles. The van der Waals surface area contributed by atoms with Crippen molar-refractivity contribution in [2.45, 2.75) is 26.2 Å². The van der Waals surface area contributed by atoms with E-state index in [0.717, 1.165) is 43.9 Å². The zero-order valence-corrected chi connectivity index (χ0v) is 12.6. The van der Waals surface area contributed by atoms with Crippen molar-refractivity contribution in [3.05, 3.63) is 24.3 Å². The highest BCUT2D eigenvalue weighted by molar-refractivity contribution is 5.89. The number of amides is 2. The lowest BCUT2D eigenvalue weighted by Gasteiger charge is -2.12. The molecule has 0 bridgehead atoms. The number of anilines is 1. The van der Waals surface area contributed by atoms with Crippen LogP contribution in [0.1, 0.15) is 26.2 Å². The first-order chi connectivity index (χ1) is 10.3. The van der Waals surface area contributed by atoms with Gasteiger partial charge in [-0.25, -0.2) is 4.79 Å². The molecule has 1 aliphatic rings. The van der Waals surface area contributed by atoms with Crippen LogP contribution in [0.25, 0.3) is 0 Å². The third kappa shape index (κ3) is 5.63. The monoisotopic (exact) mass is 292 g/mol. The Bertz CT molecular complexity index is 445. The van der Waals surface area contributed by atoms with Gasteiger partial charge in [-0.3, -0.25) is 0 Å². The lowest BCUT2D eigenvalue weighted by Crippen LogP contribution is -2.33. The smallest absolute Gasteiger partial charge is 0.319 e. The quantitative estimate of drug-likeness (QED) is 0.759. The molecule has 5 nitrogen and oxygen atoms in total. The Morgan fingerprint density at radius 2 is 2.38 bits per heavy atom. The summed E-state index contributed by atoms with van der Waals surface area (Å²) in [6, 6.07) is 7.28. The van der Waals surface area contributed by atoms with Gasteiger partial charge in [0.1, 0.15) is 5.75 Å². The highest BCUT2D eigenvalue weighted by Crippen LogP contribution is 2.17. The first kappa shape index (κ1) is 15.6. The second-order valence-corrected chi connectivity index (χ2v) is 5.29. The Kier molecular flexibility index (Phi) is 6.34. The van der Waals surface area contributed by atoms with Gasteiger partial charge in [0.25, 0.3) is 0 Å². The van der Waals surface area contributed by atoms with Gasteiger partial charge in [-0.2, -0.15) is 0 Å². The van der Waals surface area contributed by atoms with E-state index < -0.39 is 0 Å². The predicted octanol–water partition coefficient (Wildman–Crippen LogP) is 3.02. The molecule has 2 rings (SSSR count). The molecule has 2 amide bonds. The number of unbranched alkanes of at least 4 members (excludes halogenated alkanes) is 1. The van der Waals surface area contributed by atoms with Crippen molar-refractivity contribution < 1.29 is 14.3 Å². The van der Waals surface area contributed by atoms with E-state index in [1.807, 2.05) is 24.3 Å². The number of carbonyl (C=O) groups is 1. The van der Waals surface area contributed by atoms with Crippen molar-refractivity contribution in [1.82, 2.24) is 5.32 Å². The lowest BCUT2D eigenvalue weighted by atomic mass is 10.1. The number of ether oxygens (including phenoxy) is 2. The molecule has 1 aromatic rings. The molecular formula is C16H24N2O3. The normalized spacial score (nSPS) is 17.5. The van der Waals surface area contributed by atoms with Gasteiger partial charge in [0, 0.05) is 30.8 Å². The molecule has 1 saturated heterocycles. The molecule has 116 valence electrons. The molecule has 1 atom stereocenters. The van der Waals surface area contributed by atoms with Gasteiger partial charge < -0.3 is 20.1 Å². The van der Waals surface area contributed by atoms with Crippen molar-refractivity contribution in [3.63, 3.8) is 0 Å². The Labute approximate surface area is 126 Å². The highest BCUT2D eigenvalue weighted by atomic mass is 16.5. The van der Waals surface area contributed by atoms with E-state index in [1.54, 1.807) is 0 Å². The van der Waals surface area contributed by atoms with Crippen LogP contribution in [0.2, 0.25) is 0 Å². The number of benzene rings is 1. The molecule has 1 fully saturated rings. The fourth-order valence-corrected chi connectivity index (χ4v) is 2.15. The third-order valence-electron chi connectivity index (χ3n) is 3.43. The second kappa shape index (κ2) is 8.52. The molecule has 0 spiro atoms. The van der Waals surface area contributed by atoms with Crippen LogP contribution in [0, 0.1) is 5.92 Å². The summed E-state index contributed by atoms with van der Waals surface area (Å²) < 4.78 is 10.9. The summed E-state index contributed by atoms with van der Waals surface area (Å²) in [5, 5.41) is 5.70. The average molecular weight is 292 g/mol. The van der Waals surface area contributed by atoms with Gasteiger partial charge >= 0.3 is 6.03 Å². The fraction of sp³-hybridized carbons (Fsp3) is 0.562. The minimum atomic E-state index is -0.187. The Morgan fingerprint density at radius 1 is 1.48 bits per heavy atom. The van der Waals surface area contributed by atoms with Crippen LogP contribution in [-0.2, 0) is 4.74 Å². The minimum absolute atomic E-state index is 0.187. The summed E-state index contributed by atoms with van der Waals surface area (Å²) in [7, 11) is 0. The van der Waals surface area contributed by atoms with Crippen LogP contribution in [0.15, 0.2) is 24.3 Å². The van der Waals surface area contributed by atoms with Gasteiger partial charge in [0.05, 0.1) is 13.2 Å². The fourth-order valence-electron chi connectivity index (χ4n) is 2.15. The zero-order valence-electron chi connectivity index (χ0n) is 12.6. The molecule has 2 N–H and O–H groups in total. The number of hydrogen-bond acceptors (Lipinski definition) is 3. The van der Waals surface area contributed by atoms with E-state index in [9.17, 15) is 4.79 Å². The van der Waals surface area contributed by atoms with Crippen LogP contribution in [0.3, 0.4) is 0 Å². The average Bonchev–Trinajstić information content (AvgIpc) is 2.99. The molecular weight excluding hydrogens is 268 g/mol. The van der Waals surface area contributed by atoms with Crippen molar-refractivity contribution in [3.8, 4) is 5.75 Å². The van der Waals surface area contributed by atoms with E-state index in [4.69, 9.17) is 9.47 Å². The molecule has 0 radical (unpaired) electrons. The molecule has 21 heavy (non-hydrogen) atoms. The number of urea groups is 1. The number of nitrogens with one attached hydrogen (secondary N) is 2. The number of carbonyl (C=O) groups excluding carboxylic acids is 1. The summed E-state index contributed by atoms with van der Waals surface area (Å²) in [5.74, 6) is 1.21. The minimum Gasteiger partial charge on any atom is -0.494 e. The maximum Gasteiger partial charge on any atom is 0.319 e. The van der Waals surface area contributed by atoms with Crippen molar-refractivity contribution in [2.24, 2.45) is 5.92 Å². The van der Waals surface area contributed by atoms with Gasteiger partial charge in [0.2, 0.25) is 0 Å². The molecule has 0 aromatic heterocycles. The van der Waals surface area contributed by atoms with Gasteiger partial charge in [-0.1, -0.05) is 19.4 Å². The first-order valence-electron chi connectivity index (χ1n) is 7.63. The van der Waals surface area contributed by atoms with Crippen LogP contribution in [0.4, 0.5) is 10.5 Å².